The van der Waals surface area contributed by atoms with E-state index in [1.54, 1.807) is 13.8 Å². The van der Waals surface area contributed by atoms with Crippen molar-refractivity contribution in [2.45, 2.75) is 26.4 Å². The number of hydrogen-bond acceptors (Lipinski definition) is 4. The van der Waals surface area contributed by atoms with Crippen molar-refractivity contribution >= 4 is 5.97 Å². The molecule has 17 heavy (non-hydrogen) atoms. The van der Waals surface area contributed by atoms with Crippen LogP contribution >= 0.6 is 0 Å². The Balaban J connectivity index is 2.33. The van der Waals surface area contributed by atoms with Gasteiger partial charge in [0.1, 0.15) is 0 Å². The Labute approximate surface area is 101 Å². The van der Waals surface area contributed by atoms with Gasteiger partial charge in [-0.2, -0.15) is 0 Å². The third-order valence-corrected chi connectivity index (χ3v) is 2.43. The van der Waals surface area contributed by atoms with Crippen molar-refractivity contribution in [3.8, 4) is 0 Å². The molecule has 0 fully saturated rings. The number of benzene rings is 1. The summed E-state index contributed by atoms with van der Waals surface area (Å²) < 4.78 is 5.04. The molecule has 4 heteroatoms. The van der Waals surface area contributed by atoms with Gasteiger partial charge in [-0.1, -0.05) is 44.2 Å². The van der Waals surface area contributed by atoms with E-state index in [1.807, 2.05) is 30.3 Å². The Morgan fingerprint density at radius 1 is 1.29 bits per heavy atom. The van der Waals surface area contributed by atoms with Crippen LogP contribution in [0, 0.1) is 5.92 Å². The van der Waals surface area contributed by atoms with Crippen LogP contribution in [-0.2, 0) is 20.8 Å². The van der Waals surface area contributed by atoms with E-state index in [2.05, 4.69) is 4.89 Å². The SMILES string of the molecule is CC(C)C(OO)C(=O)OCCc1ccccc1. The van der Waals surface area contributed by atoms with E-state index in [4.69, 9.17) is 9.99 Å². The van der Waals surface area contributed by atoms with E-state index in [-0.39, 0.29) is 12.5 Å². The van der Waals surface area contributed by atoms with Crippen molar-refractivity contribution in [1.29, 1.82) is 0 Å². The molecule has 1 N–H and O–H groups in total. The molecule has 4 nitrogen and oxygen atoms in total. The zero-order valence-corrected chi connectivity index (χ0v) is 10.1. The standard InChI is InChI=1S/C13H18O4/c1-10(2)12(17-15)13(14)16-9-8-11-6-4-3-5-7-11/h3-7,10,12,15H,8-9H2,1-2H3. The second kappa shape index (κ2) is 7.04. The third-order valence-electron chi connectivity index (χ3n) is 2.43. The van der Waals surface area contributed by atoms with Crippen molar-refractivity contribution in [3.63, 3.8) is 0 Å². The molecule has 0 saturated carbocycles. The monoisotopic (exact) mass is 238 g/mol. The van der Waals surface area contributed by atoms with Crippen LogP contribution in [-0.4, -0.2) is 23.9 Å². The van der Waals surface area contributed by atoms with Gasteiger partial charge in [-0.25, -0.2) is 9.68 Å². The molecule has 0 radical (unpaired) electrons. The highest BCUT2D eigenvalue weighted by Gasteiger charge is 2.24. The first kappa shape index (κ1) is 13.7. The fourth-order valence-electron chi connectivity index (χ4n) is 1.43. The Hall–Kier alpha value is -1.39. The highest BCUT2D eigenvalue weighted by atomic mass is 17.1. The Morgan fingerprint density at radius 2 is 1.94 bits per heavy atom. The summed E-state index contributed by atoms with van der Waals surface area (Å²) in [6, 6.07) is 9.74. The second-order valence-electron chi connectivity index (χ2n) is 4.17. The van der Waals surface area contributed by atoms with Crippen LogP contribution in [0.15, 0.2) is 30.3 Å². The van der Waals surface area contributed by atoms with Crippen molar-refractivity contribution in [2.24, 2.45) is 5.92 Å². The van der Waals surface area contributed by atoms with Gasteiger partial charge in [0, 0.05) is 6.42 Å². The summed E-state index contributed by atoms with van der Waals surface area (Å²) in [4.78, 5) is 15.6. The van der Waals surface area contributed by atoms with E-state index in [0.29, 0.717) is 6.42 Å². The van der Waals surface area contributed by atoms with Gasteiger partial charge in [0.15, 0.2) is 6.10 Å². The van der Waals surface area contributed by atoms with Gasteiger partial charge in [0.25, 0.3) is 0 Å². The number of rotatable bonds is 6. The lowest BCUT2D eigenvalue weighted by Gasteiger charge is -2.15. The van der Waals surface area contributed by atoms with Crippen LogP contribution in [0.5, 0.6) is 0 Å². The Bertz CT molecular complexity index is 335. The summed E-state index contributed by atoms with van der Waals surface area (Å²) in [6.07, 6.45) is -0.256. The molecule has 1 aromatic rings. The molecule has 1 aromatic carbocycles. The molecule has 0 amide bonds. The molecule has 0 aromatic heterocycles. The predicted molar refractivity (Wildman–Crippen MR) is 63.4 cm³/mol. The highest BCUT2D eigenvalue weighted by molar-refractivity contribution is 5.74. The van der Waals surface area contributed by atoms with Gasteiger partial charge in [-0.15, -0.1) is 0 Å². The lowest BCUT2D eigenvalue weighted by molar-refractivity contribution is -0.286. The minimum atomic E-state index is -0.911. The molecule has 94 valence electrons. The molecule has 1 atom stereocenters. The number of ether oxygens (including phenoxy) is 1. The molecule has 0 heterocycles. The maximum atomic E-state index is 11.5. The Morgan fingerprint density at radius 3 is 2.47 bits per heavy atom. The number of carbonyl (C=O) groups excluding carboxylic acids is 1. The van der Waals surface area contributed by atoms with Crippen LogP contribution in [0.1, 0.15) is 19.4 Å². The van der Waals surface area contributed by atoms with E-state index in [9.17, 15) is 4.79 Å². The van der Waals surface area contributed by atoms with Crippen LogP contribution in [0.4, 0.5) is 0 Å². The quantitative estimate of drug-likeness (QED) is 0.469. The zero-order chi connectivity index (χ0) is 12.7. The first-order valence-electron chi connectivity index (χ1n) is 5.66. The fourth-order valence-corrected chi connectivity index (χ4v) is 1.43. The minimum Gasteiger partial charge on any atom is -0.463 e. The van der Waals surface area contributed by atoms with Gasteiger partial charge in [-0.3, -0.25) is 5.26 Å². The molecule has 0 aliphatic carbocycles. The average Bonchev–Trinajstić information content (AvgIpc) is 2.30. The fraction of sp³-hybridized carbons (Fsp3) is 0.462. The Kier molecular flexibility index (Phi) is 5.66. The first-order chi connectivity index (χ1) is 8.15. The smallest absolute Gasteiger partial charge is 0.338 e. The van der Waals surface area contributed by atoms with E-state index < -0.39 is 12.1 Å². The van der Waals surface area contributed by atoms with Crippen molar-refractivity contribution in [1.82, 2.24) is 0 Å². The van der Waals surface area contributed by atoms with Gasteiger partial charge < -0.3 is 4.74 Å². The number of esters is 1. The molecule has 0 spiro atoms. The van der Waals surface area contributed by atoms with Crippen LogP contribution in [0.25, 0.3) is 0 Å². The lowest BCUT2D eigenvalue weighted by Crippen LogP contribution is -2.31. The second-order valence-corrected chi connectivity index (χ2v) is 4.17. The van der Waals surface area contributed by atoms with E-state index in [1.165, 1.54) is 0 Å². The van der Waals surface area contributed by atoms with Crippen molar-refractivity contribution in [2.75, 3.05) is 6.61 Å². The van der Waals surface area contributed by atoms with Crippen LogP contribution in [0.3, 0.4) is 0 Å². The van der Waals surface area contributed by atoms with E-state index >= 15 is 0 Å². The molecule has 0 bridgehead atoms. The normalized spacial score (nSPS) is 12.5. The molecular formula is C13H18O4. The van der Waals surface area contributed by atoms with E-state index in [0.717, 1.165) is 5.56 Å². The first-order valence-corrected chi connectivity index (χ1v) is 5.66. The summed E-state index contributed by atoms with van der Waals surface area (Å²) in [7, 11) is 0. The van der Waals surface area contributed by atoms with Gasteiger partial charge >= 0.3 is 5.97 Å². The maximum Gasteiger partial charge on any atom is 0.338 e. The summed E-state index contributed by atoms with van der Waals surface area (Å²) in [5.74, 6) is -0.650. The minimum absolute atomic E-state index is 0.121. The van der Waals surface area contributed by atoms with Gasteiger partial charge in [0.05, 0.1) is 6.61 Å². The molecular weight excluding hydrogens is 220 g/mol. The number of hydrogen-bond donors (Lipinski definition) is 1. The molecule has 0 saturated heterocycles. The van der Waals surface area contributed by atoms with Gasteiger partial charge in [0.2, 0.25) is 0 Å². The molecule has 1 rings (SSSR count). The number of carbonyl (C=O) groups is 1. The van der Waals surface area contributed by atoms with Crippen molar-refractivity contribution in [3.05, 3.63) is 35.9 Å². The predicted octanol–water partition coefficient (Wildman–Crippen LogP) is 2.29. The summed E-state index contributed by atoms with van der Waals surface area (Å²) in [5, 5.41) is 8.58. The highest BCUT2D eigenvalue weighted by Crippen LogP contribution is 2.08. The summed E-state index contributed by atoms with van der Waals surface area (Å²) in [6.45, 7) is 3.84. The maximum absolute atomic E-state index is 11.5. The van der Waals surface area contributed by atoms with Crippen LogP contribution < -0.4 is 0 Å². The topological polar surface area (TPSA) is 55.8 Å². The average molecular weight is 238 g/mol. The van der Waals surface area contributed by atoms with Gasteiger partial charge in [-0.05, 0) is 11.5 Å². The molecule has 0 aliphatic rings. The summed E-state index contributed by atoms with van der Waals surface area (Å²) in [5.41, 5.74) is 1.10. The largest absolute Gasteiger partial charge is 0.463 e. The molecule has 0 aliphatic heterocycles. The summed E-state index contributed by atoms with van der Waals surface area (Å²) >= 11 is 0. The zero-order valence-electron chi connectivity index (χ0n) is 10.1. The van der Waals surface area contributed by atoms with Crippen LogP contribution in [0.2, 0.25) is 0 Å². The third kappa shape index (κ3) is 4.54. The lowest BCUT2D eigenvalue weighted by atomic mass is 10.1. The molecule has 1 unspecified atom stereocenters. The van der Waals surface area contributed by atoms with Crippen molar-refractivity contribution < 1.29 is 19.7 Å².